The van der Waals surface area contributed by atoms with Gasteiger partial charge in [0, 0.05) is 12.1 Å². The van der Waals surface area contributed by atoms with Crippen LogP contribution in [0.1, 0.15) is 55.4 Å². The van der Waals surface area contributed by atoms with Crippen LogP contribution in [-0.2, 0) is 0 Å². The fourth-order valence-electron chi connectivity index (χ4n) is 2.51. The minimum atomic E-state index is 0.0556. The lowest BCUT2D eigenvalue weighted by Crippen LogP contribution is -3.22. The van der Waals surface area contributed by atoms with Gasteiger partial charge in [0.25, 0.3) is 0 Å². The Hall–Kier alpha value is 0.210. The van der Waals surface area contributed by atoms with Gasteiger partial charge >= 0.3 is 0 Å². The Kier molecular flexibility index (Phi) is 6.92. The van der Waals surface area contributed by atoms with Crippen molar-refractivity contribution in [3.63, 3.8) is 0 Å². The van der Waals surface area contributed by atoms with Gasteiger partial charge in [0.15, 0.2) is 0 Å². The van der Waals surface area contributed by atoms with Crippen molar-refractivity contribution in [3.8, 4) is 0 Å². The van der Waals surface area contributed by atoms with Gasteiger partial charge in [-0.2, -0.15) is 0 Å². The number of hydrogen-bond donors (Lipinski definition) is 1. The van der Waals surface area contributed by atoms with Crippen molar-refractivity contribution in [1.82, 2.24) is 4.90 Å². The number of alkyl halides is 1. The van der Waals surface area contributed by atoms with E-state index in [1.165, 1.54) is 4.90 Å². The van der Waals surface area contributed by atoms with E-state index in [4.69, 9.17) is 11.6 Å². The van der Waals surface area contributed by atoms with E-state index < -0.39 is 0 Å². The first-order chi connectivity index (χ1) is 7.20. The Balaban J connectivity index is 4.88. The summed E-state index contributed by atoms with van der Waals surface area (Å²) in [5, 5.41) is 0. The topological polar surface area (TPSA) is 7.68 Å². The van der Waals surface area contributed by atoms with Crippen molar-refractivity contribution in [2.75, 3.05) is 0 Å². The number of rotatable bonds is 6. The van der Waals surface area contributed by atoms with Gasteiger partial charge in [0.1, 0.15) is 0 Å². The molecule has 0 heterocycles. The summed E-state index contributed by atoms with van der Waals surface area (Å²) in [6.07, 6.45) is 0. The summed E-state index contributed by atoms with van der Waals surface area (Å²) < 4.78 is 0. The number of quaternary nitrogens is 1. The second kappa shape index (κ2) is 6.83. The highest BCUT2D eigenvalue weighted by Gasteiger charge is 2.33. The second-order valence-electron chi connectivity index (χ2n) is 5.78. The summed E-state index contributed by atoms with van der Waals surface area (Å²) in [4.78, 5) is 3.83. The molecular formula is C13H30ClN2+. The third-order valence-electron chi connectivity index (χ3n) is 3.06. The first-order valence-corrected chi connectivity index (χ1v) is 6.91. The average molecular weight is 250 g/mol. The molecule has 0 aliphatic rings. The Morgan fingerprint density at radius 3 is 1.25 bits per heavy atom. The zero-order valence-corrected chi connectivity index (χ0v) is 13.0. The van der Waals surface area contributed by atoms with Crippen LogP contribution < -0.4 is 4.90 Å². The summed E-state index contributed by atoms with van der Waals surface area (Å²) in [6, 6.07) is 2.05. The monoisotopic (exact) mass is 249 g/mol. The van der Waals surface area contributed by atoms with Gasteiger partial charge in [-0.25, -0.2) is 4.90 Å². The van der Waals surface area contributed by atoms with E-state index in [0.717, 1.165) is 0 Å². The van der Waals surface area contributed by atoms with Crippen molar-refractivity contribution in [3.05, 3.63) is 0 Å². The zero-order chi connectivity index (χ0) is 13.0. The molecule has 0 fully saturated rings. The van der Waals surface area contributed by atoms with E-state index in [1.807, 2.05) is 0 Å². The van der Waals surface area contributed by atoms with Crippen LogP contribution in [0.15, 0.2) is 0 Å². The molecule has 98 valence electrons. The second-order valence-corrected chi connectivity index (χ2v) is 6.19. The SMILES string of the molecule is CC(C)N(C(C)C)C(Cl)[NH+](C(C)C)C(C)C. The molecule has 2 nitrogen and oxygen atoms in total. The largest absolute Gasteiger partial charge is 0.303 e. The lowest BCUT2D eigenvalue weighted by atomic mass is 10.2. The minimum Gasteiger partial charge on any atom is -0.303 e. The molecule has 1 atom stereocenters. The van der Waals surface area contributed by atoms with Crippen LogP contribution in [0.2, 0.25) is 0 Å². The van der Waals surface area contributed by atoms with Crippen LogP contribution in [0.5, 0.6) is 0 Å². The fourth-order valence-corrected chi connectivity index (χ4v) is 3.46. The third kappa shape index (κ3) is 4.23. The van der Waals surface area contributed by atoms with Crippen molar-refractivity contribution in [2.45, 2.75) is 85.2 Å². The summed E-state index contributed by atoms with van der Waals surface area (Å²) in [5.74, 6) is 0. The molecule has 0 saturated heterocycles. The van der Waals surface area contributed by atoms with Crippen LogP contribution in [-0.4, -0.2) is 34.7 Å². The molecule has 0 aliphatic carbocycles. The predicted octanol–water partition coefficient (Wildman–Crippen LogP) is 2.33. The fraction of sp³-hybridized carbons (Fsp3) is 1.00. The molecule has 0 aromatic rings. The Labute approximate surface area is 107 Å². The molecule has 0 aromatic carbocycles. The quantitative estimate of drug-likeness (QED) is 0.431. The van der Waals surface area contributed by atoms with Crippen LogP contribution in [0.3, 0.4) is 0 Å². The molecule has 0 aliphatic heterocycles. The van der Waals surface area contributed by atoms with E-state index in [2.05, 4.69) is 60.3 Å². The van der Waals surface area contributed by atoms with Crippen LogP contribution >= 0.6 is 11.6 Å². The maximum Gasteiger partial charge on any atom is 0.222 e. The third-order valence-corrected chi connectivity index (χ3v) is 3.54. The van der Waals surface area contributed by atoms with Crippen LogP contribution in [0.25, 0.3) is 0 Å². The van der Waals surface area contributed by atoms with Gasteiger partial charge in [0.2, 0.25) is 5.62 Å². The van der Waals surface area contributed by atoms with Gasteiger partial charge in [-0.3, -0.25) is 0 Å². The van der Waals surface area contributed by atoms with E-state index >= 15 is 0 Å². The first-order valence-electron chi connectivity index (χ1n) is 6.48. The molecule has 0 saturated carbocycles. The minimum absolute atomic E-state index is 0.0556. The molecule has 0 rings (SSSR count). The Morgan fingerprint density at radius 1 is 0.750 bits per heavy atom. The average Bonchev–Trinajstić information content (AvgIpc) is 1.99. The highest BCUT2D eigenvalue weighted by Crippen LogP contribution is 2.10. The molecule has 0 amide bonds. The van der Waals surface area contributed by atoms with Crippen LogP contribution in [0.4, 0.5) is 0 Å². The molecule has 0 radical (unpaired) electrons. The lowest BCUT2D eigenvalue weighted by Gasteiger charge is -2.41. The van der Waals surface area contributed by atoms with Gasteiger partial charge < -0.3 is 4.90 Å². The van der Waals surface area contributed by atoms with Crippen molar-refractivity contribution in [2.24, 2.45) is 0 Å². The molecule has 16 heavy (non-hydrogen) atoms. The van der Waals surface area contributed by atoms with E-state index in [-0.39, 0.29) is 5.62 Å². The highest BCUT2D eigenvalue weighted by molar-refractivity contribution is 6.19. The van der Waals surface area contributed by atoms with E-state index in [0.29, 0.717) is 24.2 Å². The van der Waals surface area contributed by atoms with Gasteiger partial charge in [0.05, 0.1) is 12.1 Å². The highest BCUT2D eigenvalue weighted by atomic mass is 35.5. The zero-order valence-electron chi connectivity index (χ0n) is 12.2. The molecule has 1 unspecified atom stereocenters. The number of nitrogens with one attached hydrogen (secondary N) is 1. The van der Waals surface area contributed by atoms with Gasteiger partial charge in [-0.15, -0.1) is 0 Å². The van der Waals surface area contributed by atoms with Gasteiger partial charge in [-0.1, -0.05) is 0 Å². The molecule has 0 bridgehead atoms. The number of nitrogens with zero attached hydrogens (tertiary/aromatic N) is 1. The smallest absolute Gasteiger partial charge is 0.222 e. The van der Waals surface area contributed by atoms with Crippen LogP contribution in [0, 0.1) is 0 Å². The number of halogens is 1. The molecule has 3 heteroatoms. The number of hydrogen-bond acceptors (Lipinski definition) is 1. The van der Waals surface area contributed by atoms with Crippen molar-refractivity contribution >= 4 is 11.6 Å². The predicted molar refractivity (Wildman–Crippen MR) is 73.0 cm³/mol. The standard InChI is InChI=1S/C13H29ClN2/c1-9(2)15(10(3)4)13(14)16(11(5)6)12(7)8/h9-13H,1-8H3/p+1. The van der Waals surface area contributed by atoms with E-state index in [9.17, 15) is 0 Å². The summed E-state index contributed by atoms with van der Waals surface area (Å²) in [5.41, 5.74) is 0.0556. The molecule has 1 N–H and O–H groups in total. The molecular weight excluding hydrogens is 220 g/mol. The summed E-state index contributed by atoms with van der Waals surface area (Å²) in [7, 11) is 0. The maximum absolute atomic E-state index is 6.68. The molecule has 0 aromatic heterocycles. The van der Waals surface area contributed by atoms with Crippen molar-refractivity contribution in [1.29, 1.82) is 0 Å². The van der Waals surface area contributed by atoms with Gasteiger partial charge in [-0.05, 0) is 67.0 Å². The van der Waals surface area contributed by atoms with E-state index in [1.54, 1.807) is 0 Å². The summed E-state index contributed by atoms with van der Waals surface area (Å²) in [6.45, 7) is 17.8. The van der Waals surface area contributed by atoms with Crippen molar-refractivity contribution < 1.29 is 4.90 Å². The first kappa shape index (κ1) is 16.2. The summed E-state index contributed by atoms with van der Waals surface area (Å²) >= 11 is 6.68. The normalized spacial score (nSPS) is 15.2. The maximum atomic E-state index is 6.68. The Bertz CT molecular complexity index is 154. The molecule has 0 spiro atoms. The lowest BCUT2D eigenvalue weighted by molar-refractivity contribution is -0.964. The Morgan fingerprint density at radius 2 is 1.06 bits per heavy atom.